The Morgan fingerprint density at radius 2 is 2.10 bits per heavy atom. The van der Waals surface area contributed by atoms with Crippen LogP contribution in [0.2, 0.25) is 0 Å². The molecule has 4 heteroatoms. The summed E-state index contributed by atoms with van der Waals surface area (Å²) in [5.74, 6) is 0.622. The van der Waals surface area contributed by atoms with E-state index < -0.39 is 0 Å². The highest BCUT2D eigenvalue weighted by Crippen LogP contribution is 2.69. The molecule has 20 heavy (non-hydrogen) atoms. The molecule has 0 bridgehead atoms. The SMILES string of the molecule is CCOC1C[C@H]2CC[C@H]3O[C@]34CCC[C@@H](O1)[C@@]24COC. The van der Waals surface area contributed by atoms with Crippen LogP contribution >= 0.6 is 0 Å². The van der Waals surface area contributed by atoms with Crippen molar-refractivity contribution in [3.05, 3.63) is 0 Å². The predicted molar refractivity (Wildman–Crippen MR) is 73.4 cm³/mol. The van der Waals surface area contributed by atoms with Crippen LogP contribution in [0.15, 0.2) is 0 Å². The molecule has 4 rings (SSSR count). The highest BCUT2D eigenvalue weighted by Gasteiger charge is 2.77. The molecule has 6 atom stereocenters. The Balaban J connectivity index is 1.69. The van der Waals surface area contributed by atoms with Crippen LogP contribution in [0.4, 0.5) is 0 Å². The first kappa shape index (κ1) is 13.5. The third-order valence-corrected chi connectivity index (χ3v) is 6.23. The second kappa shape index (κ2) is 4.67. The lowest BCUT2D eigenvalue weighted by atomic mass is 9.51. The van der Waals surface area contributed by atoms with Gasteiger partial charge in [0.15, 0.2) is 6.29 Å². The standard InChI is InChI=1S/C16H26O4/c1-3-18-14-9-11-6-7-13-16(20-13)8-4-5-12(19-14)15(11,16)10-17-2/h11-14H,3-10H2,1-2H3/t11-,12-,13-,14?,15-,16-/m1/s1. The van der Waals surface area contributed by atoms with Crippen molar-refractivity contribution in [3.63, 3.8) is 0 Å². The minimum atomic E-state index is -0.0227. The maximum atomic E-state index is 6.33. The van der Waals surface area contributed by atoms with Crippen molar-refractivity contribution in [3.8, 4) is 0 Å². The summed E-state index contributed by atoms with van der Waals surface area (Å²) in [5.41, 5.74) is 0.141. The third kappa shape index (κ3) is 1.57. The molecule has 4 aliphatic rings. The predicted octanol–water partition coefficient (Wildman–Crippen LogP) is 2.50. The van der Waals surface area contributed by atoms with E-state index in [1.54, 1.807) is 0 Å². The lowest BCUT2D eigenvalue weighted by Gasteiger charge is -2.58. The van der Waals surface area contributed by atoms with E-state index in [0.29, 0.717) is 12.0 Å². The van der Waals surface area contributed by atoms with E-state index in [1.807, 2.05) is 14.0 Å². The molecule has 0 radical (unpaired) electrons. The van der Waals surface area contributed by atoms with Gasteiger partial charge in [0.05, 0.1) is 24.2 Å². The Labute approximate surface area is 121 Å². The fourth-order valence-electron chi connectivity index (χ4n) is 5.53. The number of ether oxygens (including phenoxy) is 4. The average Bonchev–Trinajstić information content (AvgIpc) is 3.14. The van der Waals surface area contributed by atoms with Gasteiger partial charge < -0.3 is 18.9 Å². The first-order chi connectivity index (χ1) is 9.77. The zero-order chi connectivity index (χ0) is 13.8. The van der Waals surface area contributed by atoms with Crippen molar-refractivity contribution in [2.24, 2.45) is 11.3 Å². The van der Waals surface area contributed by atoms with Crippen LogP contribution in [-0.2, 0) is 18.9 Å². The van der Waals surface area contributed by atoms with E-state index in [9.17, 15) is 0 Å². The fourth-order valence-corrected chi connectivity index (χ4v) is 5.53. The summed E-state index contributed by atoms with van der Waals surface area (Å²) in [6.45, 7) is 3.55. The first-order valence-electron chi connectivity index (χ1n) is 8.20. The van der Waals surface area contributed by atoms with E-state index in [4.69, 9.17) is 18.9 Å². The van der Waals surface area contributed by atoms with E-state index in [0.717, 1.165) is 26.1 Å². The molecule has 0 aromatic rings. The van der Waals surface area contributed by atoms with Crippen LogP contribution in [0.3, 0.4) is 0 Å². The molecular weight excluding hydrogens is 256 g/mol. The van der Waals surface area contributed by atoms with Gasteiger partial charge in [0.1, 0.15) is 5.60 Å². The molecule has 2 heterocycles. The van der Waals surface area contributed by atoms with Gasteiger partial charge in [-0.05, 0) is 44.9 Å². The smallest absolute Gasteiger partial charge is 0.158 e. The minimum absolute atomic E-state index is 0.0227. The highest BCUT2D eigenvalue weighted by atomic mass is 16.7. The molecule has 1 unspecified atom stereocenters. The van der Waals surface area contributed by atoms with Gasteiger partial charge >= 0.3 is 0 Å². The third-order valence-electron chi connectivity index (χ3n) is 6.23. The Kier molecular flexibility index (Phi) is 3.15. The monoisotopic (exact) mass is 282 g/mol. The maximum Gasteiger partial charge on any atom is 0.158 e. The Morgan fingerprint density at radius 1 is 1.20 bits per heavy atom. The summed E-state index contributed by atoms with van der Waals surface area (Å²) in [5, 5.41) is 0. The van der Waals surface area contributed by atoms with E-state index in [1.165, 1.54) is 25.7 Å². The van der Waals surface area contributed by atoms with E-state index >= 15 is 0 Å². The van der Waals surface area contributed by atoms with Crippen LogP contribution in [0.5, 0.6) is 0 Å². The highest BCUT2D eigenvalue weighted by molar-refractivity contribution is 5.24. The van der Waals surface area contributed by atoms with Crippen molar-refractivity contribution >= 4 is 0 Å². The largest absolute Gasteiger partial charge is 0.384 e. The lowest BCUT2D eigenvalue weighted by Crippen LogP contribution is -2.65. The molecule has 2 aliphatic carbocycles. The topological polar surface area (TPSA) is 40.2 Å². The van der Waals surface area contributed by atoms with Gasteiger partial charge in [-0.25, -0.2) is 0 Å². The van der Waals surface area contributed by atoms with Gasteiger partial charge in [0.2, 0.25) is 0 Å². The first-order valence-corrected chi connectivity index (χ1v) is 8.20. The fraction of sp³-hybridized carbons (Fsp3) is 1.00. The van der Waals surface area contributed by atoms with Gasteiger partial charge in [-0.1, -0.05) is 0 Å². The summed E-state index contributed by atoms with van der Waals surface area (Å²) in [6, 6.07) is 0. The van der Waals surface area contributed by atoms with Crippen molar-refractivity contribution in [1.29, 1.82) is 0 Å². The quantitative estimate of drug-likeness (QED) is 0.743. The molecule has 2 saturated heterocycles. The molecule has 0 aromatic heterocycles. The van der Waals surface area contributed by atoms with Crippen molar-refractivity contribution < 1.29 is 18.9 Å². The molecule has 0 amide bonds. The van der Waals surface area contributed by atoms with Crippen LogP contribution in [0.25, 0.3) is 0 Å². The number of hydrogen-bond donors (Lipinski definition) is 0. The summed E-state index contributed by atoms with van der Waals surface area (Å²) in [7, 11) is 1.82. The van der Waals surface area contributed by atoms with Crippen molar-refractivity contribution in [1.82, 2.24) is 0 Å². The summed E-state index contributed by atoms with van der Waals surface area (Å²) in [4.78, 5) is 0. The van der Waals surface area contributed by atoms with Gasteiger partial charge in [-0.15, -0.1) is 0 Å². The summed E-state index contributed by atoms with van der Waals surface area (Å²) in [6.07, 6.45) is 7.66. The van der Waals surface area contributed by atoms with Gasteiger partial charge in [0.25, 0.3) is 0 Å². The summed E-state index contributed by atoms with van der Waals surface area (Å²) >= 11 is 0. The number of rotatable bonds is 4. The lowest BCUT2D eigenvalue weighted by molar-refractivity contribution is -0.287. The van der Waals surface area contributed by atoms with Gasteiger partial charge in [-0.3, -0.25) is 0 Å². The second-order valence-corrected chi connectivity index (χ2v) is 6.88. The van der Waals surface area contributed by atoms with Crippen LogP contribution in [0, 0.1) is 11.3 Å². The molecule has 2 saturated carbocycles. The molecular formula is C16H26O4. The Morgan fingerprint density at radius 3 is 2.90 bits per heavy atom. The molecule has 114 valence electrons. The van der Waals surface area contributed by atoms with Gasteiger partial charge in [0, 0.05) is 20.1 Å². The zero-order valence-electron chi connectivity index (χ0n) is 12.6. The van der Waals surface area contributed by atoms with Gasteiger partial charge in [-0.2, -0.15) is 0 Å². The number of hydrogen-bond acceptors (Lipinski definition) is 4. The van der Waals surface area contributed by atoms with Crippen LogP contribution in [0.1, 0.15) is 45.4 Å². The maximum absolute atomic E-state index is 6.33. The van der Waals surface area contributed by atoms with Crippen LogP contribution in [-0.4, -0.2) is 44.4 Å². The summed E-state index contributed by atoms with van der Waals surface area (Å²) < 4.78 is 24.0. The molecule has 0 N–H and O–H groups in total. The van der Waals surface area contributed by atoms with E-state index in [-0.39, 0.29) is 23.4 Å². The van der Waals surface area contributed by atoms with Crippen LogP contribution < -0.4 is 0 Å². The molecule has 4 fully saturated rings. The van der Waals surface area contributed by atoms with Crippen molar-refractivity contribution in [2.45, 2.75) is 69.5 Å². The molecule has 1 spiro atoms. The number of epoxide rings is 1. The Hall–Kier alpha value is -0.160. The second-order valence-electron chi connectivity index (χ2n) is 6.88. The number of methoxy groups -OCH3 is 1. The minimum Gasteiger partial charge on any atom is -0.384 e. The molecule has 0 aromatic carbocycles. The van der Waals surface area contributed by atoms with Crippen molar-refractivity contribution in [2.75, 3.05) is 20.3 Å². The normalized spacial score (nSPS) is 53.1. The average molecular weight is 282 g/mol. The Bertz CT molecular complexity index is 377. The zero-order valence-corrected chi connectivity index (χ0v) is 12.6. The molecule has 2 aliphatic heterocycles. The molecule has 4 nitrogen and oxygen atoms in total. The van der Waals surface area contributed by atoms with E-state index in [2.05, 4.69) is 0 Å².